The van der Waals surface area contributed by atoms with Gasteiger partial charge < -0.3 is 15.3 Å². The van der Waals surface area contributed by atoms with Crippen molar-refractivity contribution in [1.82, 2.24) is 10.2 Å². The van der Waals surface area contributed by atoms with Crippen molar-refractivity contribution in [2.24, 2.45) is 5.92 Å². The highest BCUT2D eigenvalue weighted by Crippen LogP contribution is 2.30. The lowest BCUT2D eigenvalue weighted by atomic mass is 9.87. The molecule has 0 aromatic heterocycles. The van der Waals surface area contributed by atoms with Crippen LogP contribution in [0.1, 0.15) is 37.9 Å². The van der Waals surface area contributed by atoms with Crippen LogP contribution in [0, 0.1) is 5.92 Å². The van der Waals surface area contributed by atoms with Gasteiger partial charge in [0.15, 0.2) is 0 Å². The van der Waals surface area contributed by atoms with E-state index in [-0.39, 0.29) is 12.0 Å². The molecule has 2 rings (SSSR count). The minimum absolute atomic E-state index is 0.0414. The molecule has 1 amide bonds. The molecule has 1 atom stereocenters. The van der Waals surface area contributed by atoms with Crippen molar-refractivity contribution in [3.05, 3.63) is 35.9 Å². The summed E-state index contributed by atoms with van der Waals surface area (Å²) in [6, 6.07) is 9.95. The van der Waals surface area contributed by atoms with Crippen LogP contribution in [0.3, 0.4) is 0 Å². The number of hydrogen-bond donors (Lipinski definition) is 2. The van der Waals surface area contributed by atoms with Crippen LogP contribution in [0.2, 0.25) is 0 Å². The molecule has 21 heavy (non-hydrogen) atoms. The predicted octanol–water partition coefficient (Wildman–Crippen LogP) is 1.96. The Morgan fingerprint density at radius 3 is 2.62 bits per heavy atom. The summed E-state index contributed by atoms with van der Waals surface area (Å²) < 4.78 is 0. The molecule has 0 aliphatic carbocycles. The van der Waals surface area contributed by atoms with Crippen molar-refractivity contribution in [2.75, 3.05) is 26.2 Å². The van der Waals surface area contributed by atoms with Gasteiger partial charge in [-0.05, 0) is 50.4 Å². The smallest absolute Gasteiger partial charge is 0.216 e. The van der Waals surface area contributed by atoms with Gasteiger partial charge in [-0.15, -0.1) is 0 Å². The summed E-state index contributed by atoms with van der Waals surface area (Å²) >= 11 is 0. The molecule has 4 nitrogen and oxygen atoms in total. The summed E-state index contributed by atoms with van der Waals surface area (Å²) in [6.07, 6.45) is 2.73. The number of amides is 1. The molecule has 1 saturated heterocycles. The Bertz CT molecular complexity index is 428. The van der Waals surface area contributed by atoms with Crippen LogP contribution in [0.15, 0.2) is 30.3 Å². The second-order valence-electron chi connectivity index (χ2n) is 5.87. The maximum Gasteiger partial charge on any atom is 0.216 e. The lowest BCUT2D eigenvalue weighted by Crippen LogP contribution is -2.37. The number of nitrogens with one attached hydrogen (secondary N) is 1. The Kier molecular flexibility index (Phi) is 6.21. The topological polar surface area (TPSA) is 52.6 Å². The highest BCUT2D eigenvalue weighted by atomic mass is 16.3. The Balaban J connectivity index is 1.69. The van der Waals surface area contributed by atoms with E-state index in [2.05, 4.69) is 10.2 Å². The Morgan fingerprint density at radius 2 is 2.00 bits per heavy atom. The van der Waals surface area contributed by atoms with Gasteiger partial charge in [-0.3, -0.25) is 4.79 Å². The Labute approximate surface area is 127 Å². The zero-order chi connectivity index (χ0) is 15.1. The van der Waals surface area contributed by atoms with Crippen LogP contribution in [0.25, 0.3) is 0 Å². The standard InChI is InChI=1S/C17H26N2O2/c1-14(20)18-10-5-11-19-12-8-16(9-13-19)17(21)15-6-3-2-4-7-15/h2-4,6-7,16-17,21H,5,8-13H2,1H3,(H,18,20). The van der Waals surface area contributed by atoms with E-state index >= 15 is 0 Å². The monoisotopic (exact) mass is 290 g/mol. The third-order valence-corrected chi connectivity index (χ3v) is 4.24. The third kappa shape index (κ3) is 5.14. The lowest BCUT2D eigenvalue weighted by molar-refractivity contribution is -0.118. The number of rotatable bonds is 6. The first-order valence-corrected chi connectivity index (χ1v) is 7.86. The quantitative estimate of drug-likeness (QED) is 0.788. The van der Waals surface area contributed by atoms with Crippen LogP contribution in [-0.2, 0) is 4.79 Å². The van der Waals surface area contributed by atoms with E-state index in [4.69, 9.17) is 0 Å². The van der Waals surface area contributed by atoms with Crippen molar-refractivity contribution < 1.29 is 9.90 Å². The van der Waals surface area contributed by atoms with Gasteiger partial charge >= 0.3 is 0 Å². The fourth-order valence-corrected chi connectivity index (χ4v) is 2.98. The molecule has 0 radical (unpaired) electrons. The van der Waals surface area contributed by atoms with E-state index in [0.29, 0.717) is 5.92 Å². The summed E-state index contributed by atoms with van der Waals surface area (Å²) in [6.45, 7) is 5.40. The van der Waals surface area contributed by atoms with Crippen molar-refractivity contribution in [1.29, 1.82) is 0 Å². The zero-order valence-electron chi connectivity index (χ0n) is 12.8. The molecule has 1 aromatic rings. The molecular weight excluding hydrogens is 264 g/mol. The normalized spacial score (nSPS) is 18.4. The summed E-state index contributed by atoms with van der Waals surface area (Å²) in [5.41, 5.74) is 1.03. The number of piperidine rings is 1. The molecule has 0 saturated carbocycles. The lowest BCUT2D eigenvalue weighted by Gasteiger charge is -2.34. The minimum atomic E-state index is -0.340. The fourth-order valence-electron chi connectivity index (χ4n) is 2.98. The maximum atomic E-state index is 10.8. The number of hydrogen-bond acceptors (Lipinski definition) is 3. The molecule has 1 aliphatic heterocycles. The van der Waals surface area contributed by atoms with Crippen molar-refractivity contribution in [2.45, 2.75) is 32.3 Å². The van der Waals surface area contributed by atoms with E-state index in [9.17, 15) is 9.90 Å². The zero-order valence-corrected chi connectivity index (χ0v) is 12.8. The van der Waals surface area contributed by atoms with E-state index in [1.807, 2.05) is 30.3 Å². The number of aliphatic hydroxyl groups is 1. The summed E-state index contributed by atoms with van der Waals surface area (Å²) in [5, 5.41) is 13.3. The van der Waals surface area contributed by atoms with Gasteiger partial charge in [-0.1, -0.05) is 30.3 Å². The van der Waals surface area contributed by atoms with Crippen LogP contribution in [-0.4, -0.2) is 42.1 Å². The van der Waals surface area contributed by atoms with Gasteiger partial charge in [0, 0.05) is 13.5 Å². The molecule has 0 bridgehead atoms. The van der Waals surface area contributed by atoms with E-state index < -0.39 is 0 Å². The molecule has 1 heterocycles. The maximum absolute atomic E-state index is 10.8. The molecule has 4 heteroatoms. The van der Waals surface area contributed by atoms with Crippen molar-refractivity contribution in [3.63, 3.8) is 0 Å². The fraction of sp³-hybridized carbons (Fsp3) is 0.588. The molecular formula is C17H26N2O2. The van der Waals surface area contributed by atoms with Gasteiger partial charge in [0.1, 0.15) is 0 Å². The van der Waals surface area contributed by atoms with Gasteiger partial charge in [0.2, 0.25) is 5.91 Å². The molecule has 2 N–H and O–H groups in total. The van der Waals surface area contributed by atoms with E-state index in [1.54, 1.807) is 6.92 Å². The molecule has 0 spiro atoms. The highest BCUT2D eigenvalue weighted by molar-refractivity contribution is 5.72. The van der Waals surface area contributed by atoms with Gasteiger partial charge in [0.05, 0.1) is 6.10 Å². The highest BCUT2D eigenvalue weighted by Gasteiger charge is 2.25. The van der Waals surface area contributed by atoms with Gasteiger partial charge in [-0.2, -0.15) is 0 Å². The second-order valence-corrected chi connectivity index (χ2v) is 5.87. The predicted molar refractivity (Wildman–Crippen MR) is 83.9 cm³/mol. The third-order valence-electron chi connectivity index (χ3n) is 4.24. The van der Waals surface area contributed by atoms with Crippen LogP contribution in [0.5, 0.6) is 0 Å². The first-order chi connectivity index (χ1) is 10.2. The molecule has 1 aliphatic rings. The summed E-state index contributed by atoms with van der Waals surface area (Å²) in [7, 11) is 0. The number of nitrogens with zero attached hydrogens (tertiary/aromatic N) is 1. The van der Waals surface area contributed by atoms with Crippen LogP contribution >= 0.6 is 0 Å². The molecule has 1 fully saturated rings. The second kappa shape index (κ2) is 8.15. The number of aliphatic hydroxyl groups excluding tert-OH is 1. The Morgan fingerprint density at radius 1 is 1.33 bits per heavy atom. The molecule has 1 aromatic carbocycles. The van der Waals surface area contributed by atoms with Crippen molar-refractivity contribution >= 4 is 5.91 Å². The van der Waals surface area contributed by atoms with E-state index in [0.717, 1.165) is 51.0 Å². The number of carbonyl (C=O) groups is 1. The molecule has 1 unspecified atom stereocenters. The summed E-state index contributed by atoms with van der Waals surface area (Å²) in [4.78, 5) is 13.2. The van der Waals surface area contributed by atoms with Crippen molar-refractivity contribution in [3.8, 4) is 0 Å². The first kappa shape index (κ1) is 16.0. The average molecular weight is 290 g/mol. The number of benzene rings is 1. The Hall–Kier alpha value is -1.39. The first-order valence-electron chi connectivity index (χ1n) is 7.86. The SMILES string of the molecule is CC(=O)NCCCN1CCC(C(O)c2ccccc2)CC1. The molecule has 116 valence electrons. The average Bonchev–Trinajstić information content (AvgIpc) is 2.52. The van der Waals surface area contributed by atoms with E-state index in [1.165, 1.54) is 0 Å². The number of carbonyl (C=O) groups excluding carboxylic acids is 1. The summed E-state index contributed by atoms with van der Waals surface area (Å²) in [5.74, 6) is 0.402. The largest absolute Gasteiger partial charge is 0.388 e. The number of likely N-dealkylation sites (tertiary alicyclic amines) is 1. The van der Waals surface area contributed by atoms with Crippen LogP contribution < -0.4 is 5.32 Å². The minimum Gasteiger partial charge on any atom is -0.388 e. The van der Waals surface area contributed by atoms with Crippen LogP contribution in [0.4, 0.5) is 0 Å². The van der Waals surface area contributed by atoms with Gasteiger partial charge in [-0.25, -0.2) is 0 Å². The van der Waals surface area contributed by atoms with Gasteiger partial charge in [0.25, 0.3) is 0 Å².